The van der Waals surface area contributed by atoms with Gasteiger partial charge < -0.3 is 19.7 Å². The van der Waals surface area contributed by atoms with Gasteiger partial charge in [0.05, 0.1) is 25.8 Å². The lowest BCUT2D eigenvalue weighted by atomic mass is 10.1. The van der Waals surface area contributed by atoms with Crippen molar-refractivity contribution in [2.75, 3.05) is 32.2 Å². The maximum atomic E-state index is 12.3. The van der Waals surface area contributed by atoms with Gasteiger partial charge in [-0.15, -0.1) is 0 Å². The van der Waals surface area contributed by atoms with Gasteiger partial charge in [-0.25, -0.2) is 0 Å². The monoisotopic (exact) mass is 320 g/mol. The van der Waals surface area contributed by atoms with Crippen LogP contribution in [0.25, 0.3) is 0 Å². The Morgan fingerprint density at radius 3 is 2.70 bits per heavy atom. The van der Waals surface area contributed by atoms with E-state index in [2.05, 4.69) is 5.32 Å². The zero-order valence-corrected chi connectivity index (χ0v) is 14.1. The van der Waals surface area contributed by atoms with Crippen molar-refractivity contribution in [1.29, 1.82) is 0 Å². The summed E-state index contributed by atoms with van der Waals surface area (Å²) in [5.41, 5.74) is 0.635. The van der Waals surface area contributed by atoms with Crippen molar-refractivity contribution in [1.82, 2.24) is 5.32 Å². The normalized spacial score (nSPS) is 17.5. The van der Waals surface area contributed by atoms with Crippen LogP contribution in [0.15, 0.2) is 18.2 Å². The number of nitrogens with zero attached hydrogens (tertiary/aromatic N) is 1. The predicted octanol–water partition coefficient (Wildman–Crippen LogP) is 1.83. The molecular formula is C17H24N2O4. The fraction of sp³-hybridized carbons (Fsp3) is 0.529. The van der Waals surface area contributed by atoms with E-state index in [0.29, 0.717) is 36.2 Å². The molecule has 0 unspecified atom stereocenters. The molecule has 2 rings (SSSR count). The van der Waals surface area contributed by atoms with E-state index in [-0.39, 0.29) is 24.2 Å². The Kier molecular flexibility index (Phi) is 5.47. The molecule has 0 aliphatic carbocycles. The van der Waals surface area contributed by atoms with E-state index in [9.17, 15) is 9.59 Å². The zero-order chi connectivity index (χ0) is 17.0. The van der Waals surface area contributed by atoms with Crippen LogP contribution >= 0.6 is 0 Å². The van der Waals surface area contributed by atoms with Crippen LogP contribution in [0.5, 0.6) is 11.5 Å². The topological polar surface area (TPSA) is 67.9 Å². The standard InChI is InChI=1S/C17H24N2O4/c1-11(2)9-18-17(21)12-7-16(20)19(10-12)14-8-13(22-3)5-6-15(14)23-4/h5-6,8,11-12H,7,9-10H2,1-4H3,(H,18,21)/t12-/m1/s1. The maximum absolute atomic E-state index is 12.3. The lowest BCUT2D eigenvalue weighted by molar-refractivity contribution is -0.126. The SMILES string of the molecule is COc1ccc(OC)c(N2C[C@H](C(=O)NCC(C)C)CC2=O)c1. The van der Waals surface area contributed by atoms with E-state index < -0.39 is 0 Å². The summed E-state index contributed by atoms with van der Waals surface area (Å²) in [6.45, 7) is 5.04. The second kappa shape index (κ2) is 7.35. The van der Waals surface area contributed by atoms with E-state index in [0.717, 1.165) is 0 Å². The van der Waals surface area contributed by atoms with Gasteiger partial charge >= 0.3 is 0 Å². The number of carbonyl (C=O) groups excluding carboxylic acids is 2. The fourth-order valence-electron chi connectivity index (χ4n) is 2.57. The molecule has 0 radical (unpaired) electrons. The number of anilines is 1. The molecule has 0 saturated carbocycles. The average Bonchev–Trinajstić information content (AvgIpc) is 2.93. The number of rotatable bonds is 6. The Balaban J connectivity index is 2.15. The van der Waals surface area contributed by atoms with Gasteiger partial charge in [-0.1, -0.05) is 13.8 Å². The zero-order valence-electron chi connectivity index (χ0n) is 14.1. The van der Waals surface area contributed by atoms with E-state index >= 15 is 0 Å². The molecular weight excluding hydrogens is 296 g/mol. The molecule has 6 heteroatoms. The molecule has 1 N–H and O–H groups in total. The fourth-order valence-corrected chi connectivity index (χ4v) is 2.57. The van der Waals surface area contributed by atoms with Crippen LogP contribution in [0.3, 0.4) is 0 Å². The maximum Gasteiger partial charge on any atom is 0.227 e. The largest absolute Gasteiger partial charge is 0.497 e. The number of hydrogen-bond donors (Lipinski definition) is 1. The third-order valence-corrected chi connectivity index (χ3v) is 3.86. The van der Waals surface area contributed by atoms with Crippen LogP contribution in [0, 0.1) is 11.8 Å². The van der Waals surface area contributed by atoms with E-state index in [1.165, 1.54) is 0 Å². The minimum Gasteiger partial charge on any atom is -0.497 e. The molecule has 0 spiro atoms. The summed E-state index contributed by atoms with van der Waals surface area (Å²) in [5.74, 6) is 1.11. The van der Waals surface area contributed by atoms with Gasteiger partial charge in [0.1, 0.15) is 11.5 Å². The molecule has 1 aromatic carbocycles. The van der Waals surface area contributed by atoms with Gasteiger partial charge in [-0.3, -0.25) is 9.59 Å². The highest BCUT2D eigenvalue weighted by Gasteiger charge is 2.36. The molecule has 0 aromatic heterocycles. The molecule has 1 fully saturated rings. The first-order valence-corrected chi connectivity index (χ1v) is 7.76. The molecule has 1 aliphatic rings. The molecule has 1 saturated heterocycles. The number of benzene rings is 1. The quantitative estimate of drug-likeness (QED) is 0.868. The van der Waals surface area contributed by atoms with Crippen molar-refractivity contribution < 1.29 is 19.1 Å². The van der Waals surface area contributed by atoms with Crippen molar-refractivity contribution in [3.05, 3.63) is 18.2 Å². The smallest absolute Gasteiger partial charge is 0.227 e. The van der Waals surface area contributed by atoms with Crippen molar-refractivity contribution in [2.24, 2.45) is 11.8 Å². The van der Waals surface area contributed by atoms with Gasteiger partial charge in [0.25, 0.3) is 0 Å². The number of methoxy groups -OCH3 is 2. The first-order chi connectivity index (χ1) is 11.0. The van der Waals surface area contributed by atoms with Crippen molar-refractivity contribution >= 4 is 17.5 Å². The van der Waals surface area contributed by atoms with Crippen molar-refractivity contribution in [3.63, 3.8) is 0 Å². The summed E-state index contributed by atoms with van der Waals surface area (Å²) in [6.07, 6.45) is 0.213. The highest BCUT2D eigenvalue weighted by atomic mass is 16.5. The van der Waals surface area contributed by atoms with Gasteiger partial charge in [-0.2, -0.15) is 0 Å². The van der Waals surface area contributed by atoms with Crippen LogP contribution in [-0.4, -0.2) is 39.1 Å². The summed E-state index contributed by atoms with van der Waals surface area (Å²) in [7, 11) is 3.12. The Bertz CT molecular complexity index is 586. The molecule has 126 valence electrons. The number of nitrogens with one attached hydrogen (secondary N) is 1. The lowest BCUT2D eigenvalue weighted by Crippen LogP contribution is -2.35. The van der Waals surface area contributed by atoms with Crippen LogP contribution in [-0.2, 0) is 9.59 Å². The second-order valence-corrected chi connectivity index (χ2v) is 6.08. The number of amides is 2. The molecule has 23 heavy (non-hydrogen) atoms. The first kappa shape index (κ1) is 17.1. The highest BCUT2D eigenvalue weighted by molar-refractivity contribution is 6.01. The van der Waals surface area contributed by atoms with Crippen LogP contribution in [0.2, 0.25) is 0 Å². The summed E-state index contributed by atoms with van der Waals surface area (Å²) in [6, 6.07) is 5.29. The Morgan fingerprint density at radius 1 is 1.35 bits per heavy atom. The summed E-state index contributed by atoms with van der Waals surface area (Å²) in [5, 5.41) is 2.89. The number of ether oxygens (including phenoxy) is 2. The van der Waals surface area contributed by atoms with E-state index in [4.69, 9.17) is 9.47 Å². The minimum absolute atomic E-state index is 0.0728. The van der Waals surface area contributed by atoms with Gasteiger partial charge in [0.2, 0.25) is 11.8 Å². The van der Waals surface area contributed by atoms with Crippen LogP contribution in [0.4, 0.5) is 5.69 Å². The Labute approximate surface area is 136 Å². The molecule has 1 atom stereocenters. The number of carbonyl (C=O) groups is 2. The van der Waals surface area contributed by atoms with Crippen LogP contribution < -0.4 is 19.7 Å². The predicted molar refractivity (Wildman–Crippen MR) is 87.9 cm³/mol. The van der Waals surface area contributed by atoms with Crippen molar-refractivity contribution in [2.45, 2.75) is 20.3 Å². The minimum atomic E-state index is -0.336. The Morgan fingerprint density at radius 2 is 2.09 bits per heavy atom. The second-order valence-electron chi connectivity index (χ2n) is 6.08. The molecule has 1 heterocycles. The van der Waals surface area contributed by atoms with Gasteiger partial charge in [0, 0.05) is 25.6 Å². The average molecular weight is 320 g/mol. The van der Waals surface area contributed by atoms with Gasteiger partial charge in [0.15, 0.2) is 0 Å². The number of hydrogen-bond acceptors (Lipinski definition) is 4. The van der Waals surface area contributed by atoms with Crippen molar-refractivity contribution in [3.8, 4) is 11.5 Å². The van der Waals surface area contributed by atoms with E-state index in [1.54, 1.807) is 37.3 Å². The molecule has 0 bridgehead atoms. The van der Waals surface area contributed by atoms with E-state index in [1.807, 2.05) is 13.8 Å². The highest BCUT2D eigenvalue weighted by Crippen LogP contribution is 2.36. The lowest BCUT2D eigenvalue weighted by Gasteiger charge is -2.20. The molecule has 1 aliphatic heterocycles. The first-order valence-electron chi connectivity index (χ1n) is 7.76. The summed E-state index contributed by atoms with van der Waals surface area (Å²) in [4.78, 5) is 26.1. The summed E-state index contributed by atoms with van der Waals surface area (Å²) >= 11 is 0. The molecule has 6 nitrogen and oxygen atoms in total. The third-order valence-electron chi connectivity index (χ3n) is 3.86. The van der Waals surface area contributed by atoms with Crippen LogP contribution in [0.1, 0.15) is 20.3 Å². The molecule has 1 aromatic rings. The Hall–Kier alpha value is -2.24. The summed E-state index contributed by atoms with van der Waals surface area (Å²) < 4.78 is 10.5. The third kappa shape index (κ3) is 3.94. The molecule has 2 amide bonds. The van der Waals surface area contributed by atoms with Gasteiger partial charge in [-0.05, 0) is 18.1 Å².